The first kappa shape index (κ1) is 19.1. The lowest BCUT2D eigenvalue weighted by Gasteiger charge is -2.31. The number of imide groups is 1. The Balaban J connectivity index is 1.63. The summed E-state index contributed by atoms with van der Waals surface area (Å²) >= 11 is 1.72. The molecule has 0 radical (unpaired) electrons. The van der Waals surface area contributed by atoms with Crippen molar-refractivity contribution < 1.29 is 14.4 Å². The average molecular weight is 414 g/mol. The van der Waals surface area contributed by atoms with E-state index in [1.165, 1.54) is 4.90 Å². The van der Waals surface area contributed by atoms with Gasteiger partial charge in [-0.15, -0.1) is 0 Å². The monoisotopic (exact) mass is 413 g/mol. The molecule has 1 saturated carbocycles. The van der Waals surface area contributed by atoms with E-state index in [2.05, 4.69) is 10.6 Å². The fourth-order valence-corrected chi connectivity index (χ4v) is 6.44. The smallest absolute Gasteiger partial charge is 0.250 e. The molecule has 4 aliphatic rings. The van der Waals surface area contributed by atoms with Crippen LogP contribution < -0.4 is 10.6 Å². The Morgan fingerprint density at radius 2 is 1.93 bits per heavy atom. The van der Waals surface area contributed by atoms with Crippen LogP contribution in [-0.2, 0) is 19.9 Å². The second-order valence-electron chi connectivity index (χ2n) is 8.83. The lowest BCUT2D eigenvalue weighted by atomic mass is 9.76. The largest absolute Gasteiger partial charge is 0.324 e. The van der Waals surface area contributed by atoms with E-state index in [4.69, 9.17) is 0 Å². The molecule has 0 unspecified atom stereocenters. The van der Waals surface area contributed by atoms with Crippen molar-refractivity contribution in [1.82, 2.24) is 10.2 Å². The summed E-state index contributed by atoms with van der Waals surface area (Å²) in [5.41, 5.74) is 1.46. The summed E-state index contributed by atoms with van der Waals surface area (Å²) in [6, 6.07) is 5.68. The molecule has 3 amide bonds. The Hall–Kier alpha value is -1.86. The predicted octanol–water partition coefficient (Wildman–Crippen LogP) is 2.41. The van der Waals surface area contributed by atoms with Gasteiger partial charge in [-0.05, 0) is 44.3 Å². The van der Waals surface area contributed by atoms with Crippen molar-refractivity contribution in [3.63, 3.8) is 0 Å². The molecule has 1 aromatic carbocycles. The van der Waals surface area contributed by atoms with E-state index in [-0.39, 0.29) is 29.8 Å². The van der Waals surface area contributed by atoms with Crippen molar-refractivity contribution in [2.45, 2.75) is 56.7 Å². The second-order valence-corrected chi connectivity index (χ2v) is 9.82. The number of fused-ring (bicyclic) bond motifs is 4. The van der Waals surface area contributed by atoms with Gasteiger partial charge in [0.1, 0.15) is 5.54 Å². The molecule has 154 valence electrons. The van der Waals surface area contributed by atoms with Gasteiger partial charge in [0.15, 0.2) is 0 Å². The summed E-state index contributed by atoms with van der Waals surface area (Å²) < 4.78 is 0. The molecule has 0 aromatic heterocycles. The molecule has 1 aliphatic carbocycles. The normalized spacial score (nSPS) is 33.7. The van der Waals surface area contributed by atoms with Crippen molar-refractivity contribution in [2.75, 3.05) is 17.3 Å². The van der Waals surface area contributed by atoms with Gasteiger partial charge in [-0.25, -0.2) is 0 Å². The minimum Gasteiger partial charge on any atom is -0.324 e. The molecule has 7 heteroatoms. The standard InChI is InChI=1S/C22H27N3O3S/c1-12-7-8-15-14(11-12)22(21(28)23-15)18-17(16(24-22)9-10-29-2)19(26)25(20(18)27)13-5-3-4-6-13/h7-8,11,13,16-18,24H,3-6,9-10H2,1-2H3,(H,23,28)/t16-,17-,18+,22+/m1/s1. The van der Waals surface area contributed by atoms with Crippen molar-refractivity contribution in [3.8, 4) is 0 Å². The topological polar surface area (TPSA) is 78.5 Å². The molecule has 29 heavy (non-hydrogen) atoms. The molecule has 3 heterocycles. The SMILES string of the molecule is CSCC[C@H]1N[C@]2(C(=O)Nc3ccc(C)cc32)[C@@H]2C(=O)N(C3CCCC3)C(=O)[C@@H]21. The fraction of sp³-hybridized carbons (Fsp3) is 0.591. The molecule has 6 nitrogen and oxygen atoms in total. The number of rotatable bonds is 4. The third kappa shape index (κ3) is 2.56. The molecule has 0 bridgehead atoms. The van der Waals surface area contributed by atoms with Gasteiger partial charge in [-0.2, -0.15) is 11.8 Å². The highest BCUT2D eigenvalue weighted by Crippen LogP contribution is 2.54. The molecular weight excluding hydrogens is 386 g/mol. The average Bonchev–Trinajstić information content (AvgIpc) is 3.43. The van der Waals surface area contributed by atoms with Crippen LogP contribution in [0.25, 0.3) is 0 Å². The van der Waals surface area contributed by atoms with Crippen LogP contribution in [0.15, 0.2) is 18.2 Å². The molecule has 5 rings (SSSR count). The van der Waals surface area contributed by atoms with Crippen LogP contribution in [0, 0.1) is 18.8 Å². The molecule has 1 aromatic rings. The number of aryl methyl sites for hydroxylation is 1. The van der Waals surface area contributed by atoms with Gasteiger partial charge >= 0.3 is 0 Å². The number of benzene rings is 1. The van der Waals surface area contributed by atoms with Gasteiger partial charge in [-0.3, -0.25) is 24.6 Å². The highest BCUT2D eigenvalue weighted by atomic mass is 32.2. The van der Waals surface area contributed by atoms with E-state index in [9.17, 15) is 14.4 Å². The van der Waals surface area contributed by atoms with Crippen molar-refractivity contribution in [3.05, 3.63) is 29.3 Å². The molecule has 4 atom stereocenters. The van der Waals surface area contributed by atoms with Gasteiger partial charge in [0.05, 0.1) is 11.8 Å². The number of hydrogen-bond donors (Lipinski definition) is 2. The maximum Gasteiger partial charge on any atom is 0.250 e. The van der Waals surface area contributed by atoms with E-state index in [1.54, 1.807) is 11.8 Å². The Morgan fingerprint density at radius 1 is 1.17 bits per heavy atom. The first-order valence-electron chi connectivity index (χ1n) is 10.5. The number of nitrogens with one attached hydrogen (secondary N) is 2. The van der Waals surface area contributed by atoms with Crippen LogP contribution in [0.4, 0.5) is 5.69 Å². The fourth-order valence-electron chi connectivity index (χ4n) is 5.95. The number of carbonyl (C=O) groups is 3. The summed E-state index contributed by atoms with van der Waals surface area (Å²) in [6.45, 7) is 1.99. The zero-order valence-corrected chi connectivity index (χ0v) is 17.7. The highest BCUT2D eigenvalue weighted by molar-refractivity contribution is 7.98. The summed E-state index contributed by atoms with van der Waals surface area (Å²) in [4.78, 5) is 42.1. The summed E-state index contributed by atoms with van der Waals surface area (Å²) in [5.74, 6) is -0.677. The number of nitrogens with zero attached hydrogens (tertiary/aromatic N) is 1. The first-order chi connectivity index (χ1) is 14.0. The quantitative estimate of drug-likeness (QED) is 0.741. The van der Waals surface area contributed by atoms with E-state index >= 15 is 0 Å². The molecule has 2 saturated heterocycles. The minimum absolute atomic E-state index is 0.000273. The van der Waals surface area contributed by atoms with E-state index in [1.807, 2.05) is 31.4 Å². The van der Waals surface area contributed by atoms with Crippen LogP contribution >= 0.6 is 11.8 Å². The number of carbonyl (C=O) groups excluding carboxylic acids is 3. The van der Waals surface area contributed by atoms with Crippen LogP contribution in [0.3, 0.4) is 0 Å². The Labute approximate surface area is 175 Å². The number of anilines is 1. The Kier molecular flexibility index (Phi) is 4.51. The lowest BCUT2D eigenvalue weighted by molar-refractivity contribution is -0.145. The highest BCUT2D eigenvalue weighted by Gasteiger charge is 2.70. The van der Waals surface area contributed by atoms with Crippen LogP contribution in [0.2, 0.25) is 0 Å². The van der Waals surface area contributed by atoms with Gasteiger partial charge in [0.2, 0.25) is 17.7 Å². The van der Waals surface area contributed by atoms with Crippen molar-refractivity contribution in [2.24, 2.45) is 11.8 Å². The third-order valence-corrected chi connectivity index (χ3v) is 7.87. The van der Waals surface area contributed by atoms with E-state index < -0.39 is 17.4 Å². The number of amides is 3. The van der Waals surface area contributed by atoms with Crippen molar-refractivity contribution >= 4 is 35.2 Å². The van der Waals surface area contributed by atoms with Gasteiger partial charge in [-0.1, -0.05) is 30.5 Å². The first-order valence-corrected chi connectivity index (χ1v) is 11.9. The molecule has 1 spiro atoms. The maximum atomic E-state index is 13.7. The zero-order chi connectivity index (χ0) is 20.3. The Bertz CT molecular complexity index is 897. The van der Waals surface area contributed by atoms with Gasteiger partial charge in [0, 0.05) is 23.3 Å². The molecule has 2 N–H and O–H groups in total. The summed E-state index contributed by atoms with van der Waals surface area (Å²) in [6.07, 6.45) is 6.67. The number of likely N-dealkylation sites (tertiary alicyclic amines) is 1. The van der Waals surface area contributed by atoms with Crippen LogP contribution in [0.1, 0.15) is 43.2 Å². The Morgan fingerprint density at radius 3 is 2.66 bits per heavy atom. The van der Waals surface area contributed by atoms with Gasteiger partial charge < -0.3 is 5.32 Å². The minimum atomic E-state index is -1.14. The van der Waals surface area contributed by atoms with Crippen LogP contribution in [-0.4, -0.2) is 46.7 Å². The second kappa shape index (κ2) is 6.84. The lowest BCUT2D eigenvalue weighted by Crippen LogP contribution is -2.54. The number of hydrogen-bond acceptors (Lipinski definition) is 5. The van der Waals surface area contributed by atoms with E-state index in [0.717, 1.165) is 54.7 Å². The summed E-state index contributed by atoms with van der Waals surface area (Å²) in [5, 5.41) is 6.49. The zero-order valence-electron chi connectivity index (χ0n) is 16.9. The maximum absolute atomic E-state index is 13.7. The number of thioether (sulfide) groups is 1. The summed E-state index contributed by atoms with van der Waals surface area (Å²) in [7, 11) is 0. The predicted molar refractivity (Wildman–Crippen MR) is 112 cm³/mol. The molecular formula is C22H27N3O3S. The van der Waals surface area contributed by atoms with Gasteiger partial charge in [0.25, 0.3) is 0 Å². The molecule has 3 aliphatic heterocycles. The third-order valence-electron chi connectivity index (χ3n) is 7.23. The van der Waals surface area contributed by atoms with Crippen molar-refractivity contribution in [1.29, 1.82) is 0 Å². The van der Waals surface area contributed by atoms with Crippen LogP contribution in [0.5, 0.6) is 0 Å². The van der Waals surface area contributed by atoms with E-state index in [0.29, 0.717) is 0 Å². The molecule has 3 fully saturated rings.